The highest BCUT2D eigenvalue weighted by atomic mass is 35.5. The van der Waals surface area contributed by atoms with Crippen LogP contribution in [0.4, 0.5) is 11.5 Å². The first-order valence-corrected chi connectivity index (χ1v) is 9.80. The highest BCUT2D eigenvalue weighted by molar-refractivity contribution is 7.60. The van der Waals surface area contributed by atoms with Crippen LogP contribution in [0.5, 0.6) is 5.75 Å². The number of methoxy groups -OCH3 is 1. The van der Waals surface area contributed by atoms with E-state index in [1.54, 1.807) is 19.2 Å². The van der Waals surface area contributed by atoms with Crippen molar-refractivity contribution in [3.05, 3.63) is 47.7 Å². The number of hydrogen-bond donors (Lipinski definition) is 4. The lowest BCUT2D eigenvalue weighted by Crippen LogP contribution is -2.05. The van der Waals surface area contributed by atoms with Gasteiger partial charge in [-0.1, -0.05) is 6.07 Å². The minimum atomic E-state index is -4.36. The quantitative estimate of drug-likeness (QED) is 0.304. The van der Waals surface area contributed by atoms with Gasteiger partial charge in [0, 0.05) is 17.1 Å². The lowest BCUT2D eigenvalue weighted by Gasteiger charge is -2.09. The Bertz CT molecular complexity index is 1220. The molecule has 0 saturated carbocycles. The summed E-state index contributed by atoms with van der Waals surface area (Å²) in [5, 5.41) is 3.85. The van der Waals surface area contributed by atoms with Crippen molar-refractivity contribution in [3.8, 4) is 5.75 Å². The van der Waals surface area contributed by atoms with Crippen molar-refractivity contribution in [1.29, 1.82) is 0 Å². The van der Waals surface area contributed by atoms with Crippen LogP contribution in [0.2, 0.25) is 5.28 Å². The Balaban J connectivity index is 1.85. The minimum absolute atomic E-state index is 0.0489. The maximum atomic E-state index is 11.5. The molecule has 4 N–H and O–H groups in total. The third-order valence-corrected chi connectivity index (χ3v) is 5.19. The lowest BCUT2D eigenvalue weighted by molar-refractivity contribution is 0.387. The third-order valence-electron chi connectivity index (χ3n) is 4.07. The van der Waals surface area contributed by atoms with E-state index in [9.17, 15) is 14.4 Å². The molecule has 0 aliphatic carbocycles. The molecule has 2 heterocycles. The summed E-state index contributed by atoms with van der Waals surface area (Å²) >= 11 is 6.08. The van der Waals surface area contributed by atoms with E-state index in [1.165, 1.54) is 12.1 Å². The Hall–Kier alpha value is -2.64. The lowest BCUT2D eigenvalue weighted by atomic mass is 10.2. The number of H-pyrrole nitrogens is 1. The van der Waals surface area contributed by atoms with Gasteiger partial charge in [0.2, 0.25) is 5.28 Å². The van der Waals surface area contributed by atoms with Gasteiger partial charge in [-0.05, 0) is 41.9 Å². The maximum absolute atomic E-state index is 11.5. The number of ether oxygens (including phenoxy) is 1. The van der Waals surface area contributed by atoms with Gasteiger partial charge in [-0.25, -0.2) is 4.98 Å². The van der Waals surface area contributed by atoms with Gasteiger partial charge >= 0.3 is 7.60 Å². The summed E-state index contributed by atoms with van der Waals surface area (Å²) in [5.41, 5.74) is 2.50. The molecule has 0 fully saturated rings. The second-order valence-corrected chi connectivity index (χ2v) is 7.76. The highest BCUT2D eigenvalue weighted by Crippen LogP contribution is 2.35. The van der Waals surface area contributed by atoms with Crippen molar-refractivity contribution in [2.45, 2.75) is 0 Å². The van der Waals surface area contributed by atoms with Crippen molar-refractivity contribution < 1.29 is 19.1 Å². The molecule has 0 bridgehead atoms. The number of halogens is 1. The predicted octanol–water partition coefficient (Wildman–Crippen LogP) is 3.32. The number of aromatic amines is 1. The monoisotopic (exact) mass is 404 g/mol. The molecule has 0 aliphatic rings. The number of benzene rings is 2. The normalized spacial score (nSPS) is 11.9. The largest absolute Gasteiger partial charge is 0.497 e. The fraction of sp³-hybridized carbons (Fsp3) is 0.0588. The molecule has 4 rings (SSSR count). The van der Waals surface area contributed by atoms with E-state index < -0.39 is 7.60 Å². The molecule has 0 unspecified atom stereocenters. The number of hydrogen-bond acceptors (Lipinski definition) is 5. The Labute approximate surface area is 158 Å². The van der Waals surface area contributed by atoms with Crippen molar-refractivity contribution in [2.24, 2.45) is 0 Å². The average Bonchev–Trinajstić information content (AvgIpc) is 2.99. The molecule has 138 valence electrons. The summed E-state index contributed by atoms with van der Waals surface area (Å²) < 4.78 is 16.7. The van der Waals surface area contributed by atoms with Crippen LogP contribution in [0.15, 0.2) is 42.5 Å². The van der Waals surface area contributed by atoms with Crippen LogP contribution in [-0.4, -0.2) is 31.8 Å². The van der Waals surface area contributed by atoms with Crippen molar-refractivity contribution in [2.75, 3.05) is 12.4 Å². The Morgan fingerprint density at radius 3 is 2.74 bits per heavy atom. The van der Waals surface area contributed by atoms with Crippen LogP contribution in [-0.2, 0) is 4.57 Å². The smallest absolute Gasteiger partial charge is 0.356 e. The average molecular weight is 405 g/mol. The molecule has 0 saturated heterocycles. The van der Waals surface area contributed by atoms with Gasteiger partial charge in [-0.15, -0.1) is 0 Å². The van der Waals surface area contributed by atoms with Gasteiger partial charge in [0.05, 0.1) is 17.9 Å². The standard InChI is InChI=1S/C17H14ClN4O4P/c1-26-10-5-6-12-13(8-10)20-15-14(12)21-17(18)22-16(15)19-9-3-2-4-11(7-9)27(23,24)25/h2-8,20H,1H3,(H,19,21,22)(H2,23,24,25). The zero-order valence-corrected chi connectivity index (χ0v) is 15.6. The fourth-order valence-corrected chi connectivity index (χ4v) is 3.59. The van der Waals surface area contributed by atoms with Crippen molar-refractivity contribution >= 4 is 57.9 Å². The molecule has 2 aromatic carbocycles. The first-order valence-electron chi connectivity index (χ1n) is 7.81. The summed E-state index contributed by atoms with van der Waals surface area (Å²) in [5.74, 6) is 1.08. The molecule has 0 aliphatic heterocycles. The Kier molecular flexibility index (Phi) is 4.28. The number of rotatable bonds is 4. The number of anilines is 2. The van der Waals surface area contributed by atoms with Crippen LogP contribution < -0.4 is 15.4 Å². The van der Waals surface area contributed by atoms with E-state index in [0.717, 1.165) is 10.9 Å². The molecular formula is C17H14ClN4O4P. The van der Waals surface area contributed by atoms with Crippen LogP contribution in [0.25, 0.3) is 21.9 Å². The van der Waals surface area contributed by atoms with E-state index in [1.807, 2.05) is 18.2 Å². The van der Waals surface area contributed by atoms with Gasteiger partial charge < -0.3 is 24.8 Å². The molecule has 2 aromatic heterocycles. The number of fused-ring (bicyclic) bond motifs is 3. The number of aromatic nitrogens is 3. The molecule has 0 amide bonds. The number of nitrogens with zero attached hydrogens (tertiary/aromatic N) is 2. The highest BCUT2D eigenvalue weighted by Gasteiger charge is 2.18. The predicted molar refractivity (Wildman–Crippen MR) is 104 cm³/mol. The fourth-order valence-electron chi connectivity index (χ4n) is 2.83. The van der Waals surface area contributed by atoms with Crippen LogP contribution in [0.1, 0.15) is 0 Å². The zero-order valence-electron chi connectivity index (χ0n) is 14.0. The van der Waals surface area contributed by atoms with Crippen LogP contribution in [0.3, 0.4) is 0 Å². The van der Waals surface area contributed by atoms with Gasteiger partial charge in [0.25, 0.3) is 0 Å². The Morgan fingerprint density at radius 2 is 2.00 bits per heavy atom. The second kappa shape index (κ2) is 6.51. The summed E-state index contributed by atoms with van der Waals surface area (Å²) in [4.78, 5) is 30.5. The van der Waals surface area contributed by atoms with E-state index in [-0.39, 0.29) is 10.6 Å². The molecule has 4 aromatic rings. The first kappa shape index (κ1) is 17.8. The van der Waals surface area contributed by atoms with Crippen molar-refractivity contribution in [1.82, 2.24) is 15.0 Å². The van der Waals surface area contributed by atoms with Gasteiger partial charge in [0.1, 0.15) is 16.8 Å². The second-order valence-electron chi connectivity index (χ2n) is 5.82. The number of nitrogens with one attached hydrogen (secondary N) is 2. The van der Waals surface area contributed by atoms with E-state index in [0.29, 0.717) is 28.3 Å². The van der Waals surface area contributed by atoms with E-state index in [4.69, 9.17) is 16.3 Å². The summed E-state index contributed by atoms with van der Waals surface area (Å²) in [7, 11) is -2.78. The Morgan fingerprint density at radius 1 is 1.19 bits per heavy atom. The SMILES string of the molecule is COc1ccc2c(c1)[nH]c1c(Nc3cccc(P(=O)(O)O)c3)nc(Cl)nc12. The maximum Gasteiger partial charge on any atom is 0.356 e. The van der Waals surface area contributed by atoms with E-state index >= 15 is 0 Å². The zero-order chi connectivity index (χ0) is 19.2. The van der Waals surface area contributed by atoms with Crippen LogP contribution in [0, 0.1) is 0 Å². The summed E-state index contributed by atoms with van der Waals surface area (Å²) in [6.45, 7) is 0. The van der Waals surface area contributed by atoms with Crippen LogP contribution >= 0.6 is 19.2 Å². The topological polar surface area (TPSA) is 120 Å². The van der Waals surface area contributed by atoms with Crippen molar-refractivity contribution in [3.63, 3.8) is 0 Å². The summed E-state index contributed by atoms with van der Waals surface area (Å²) in [6, 6.07) is 11.5. The molecule has 27 heavy (non-hydrogen) atoms. The molecular weight excluding hydrogens is 391 g/mol. The molecule has 0 spiro atoms. The molecule has 0 atom stereocenters. The minimum Gasteiger partial charge on any atom is -0.497 e. The molecule has 10 heteroatoms. The van der Waals surface area contributed by atoms with Gasteiger partial charge in [-0.2, -0.15) is 4.98 Å². The molecule has 8 nitrogen and oxygen atoms in total. The first-order chi connectivity index (χ1) is 12.8. The van der Waals surface area contributed by atoms with E-state index in [2.05, 4.69) is 20.3 Å². The molecule has 0 radical (unpaired) electrons. The van der Waals surface area contributed by atoms with Gasteiger partial charge in [0.15, 0.2) is 5.82 Å². The third kappa shape index (κ3) is 3.36. The van der Waals surface area contributed by atoms with Gasteiger partial charge in [-0.3, -0.25) is 4.57 Å². The summed E-state index contributed by atoms with van der Waals surface area (Å²) in [6.07, 6.45) is 0.